The van der Waals surface area contributed by atoms with Crippen molar-refractivity contribution in [2.75, 3.05) is 37.1 Å². The van der Waals surface area contributed by atoms with Gasteiger partial charge in [0.1, 0.15) is 10.0 Å². The van der Waals surface area contributed by atoms with Gasteiger partial charge in [-0.25, -0.2) is 0 Å². The molecule has 2 amide bonds. The molecule has 0 aliphatic heterocycles. The number of rotatable bonds is 13. The summed E-state index contributed by atoms with van der Waals surface area (Å²) in [5.41, 5.74) is 1.09. The molecule has 14 heteroatoms. The van der Waals surface area contributed by atoms with E-state index in [1.165, 1.54) is 22.7 Å². The Labute approximate surface area is 243 Å². The summed E-state index contributed by atoms with van der Waals surface area (Å²) in [5, 5.41) is 24.2. The lowest BCUT2D eigenvalue weighted by molar-refractivity contribution is 0.0500. The van der Waals surface area contributed by atoms with Crippen LogP contribution in [0.3, 0.4) is 0 Å². The van der Waals surface area contributed by atoms with Gasteiger partial charge in [0.25, 0.3) is 11.8 Å². The van der Waals surface area contributed by atoms with Gasteiger partial charge in [0.15, 0.2) is 0 Å². The quantitative estimate of drug-likeness (QED) is 0.184. The van der Waals surface area contributed by atoms with Crippen LogP contribution >= 0.6 is 54.5 Å². The first-order chi connectivity index (χ1) is 18.5. The van der Waals surface area contributed by atoms with E-state index in [0.29, 0.717) is 60.7 Å². The Hall–Kier alpha value is -2.62. The highest BCUT2D eigenvalue weighted by atomic mass is 79.9. The Balaban J connectivity index is 1.06. The number of carbonyl (C=O) groups is 2. The second-order valence-electron chi connectivity index (χ2n) is 7.65. The summed E-state index contributed by atoms with van der Waals surface area (Å²) in [7, 11) is 0. The highest BCUT2D eigenvalue weighted by Gasteiger charge is 2.11. The number of hydrogen-bond acceptors (Lipinski definition) is 10. The molecule has 4 rings (SSSR count). The van der Waals surface area contributed by atoms with Gasteiger partial charge in [-0.05, 0) is 48.5 Å². The molecule has 0 unspecified atom stereocenters. The largest absolute Gasteiger partial charge is 0.379 e. The summed E-state index contributed by atoms with van der Waals surface area (Å²) in [6, 6.07) is 14.2. The van der Waals surface area contributed by atoms with Gasteiger partial charge >= 0.3 is 0 Å². The van der Waals surface area contributed by atoms with E-state index in [0.717, 1.165) is 19.0 Å². The molecule has 0 spiro atoms. The first kappa shape index (κ1) is 28.4. The Kier molecular flexibility index (Phi) is 10.8. The zero-order chi connectivity index (χ0) is 26.7. The predicted octanol–water partition coefficient (Wildman–Crippen LogP) is 5.24. The summed E-state index contributed by atoms with van der Waals surface area (Å²) >= 11 is 9.33. The van der Waals surface area contributed by atoms with Crippen molar-refractivity contribution in [1.29, 1.82) is 0 Å². The second-order valence-corrected chi connectivity index (χ2v) is 11.6. The molecule has 0 aliphatic carbocycles. The van der Waals surface area contributed by atoms with E-state index in [9.17, 15) is 9.59 Å². The number of aromatic nitrogens is 4. The van der Waals surface area contributed by atoms with Crippen LogP contribution in [-0.4, -0.2) is 58.6 Å². The second kappa shape index (κ2) is 14.5. The van der Waals surface area contributed by atoms with Crippen molar-refractivity contribution >= 4 is 76.6 Å². The molecule has 38 heavy (non-hydrogen) atoms. The number of hydrogen-bond donors (Lipinski definition) is 2. The minimum absolute atomic E-state index is 0.233. The molecule has 0 fully saturated rings. The SMILES string of the molecule is O=C(Nc1nnc(CCOCCOCCc2nnc(NC(=O)c3ccc(Br)cc3)s2)s1)c1ccc(Br)cc1. The molecule has 198 valence electrons. The van der Waals surface area contributed by atoms with Gasteiger partial charge in [0, 0.05) is 32.9 Å². The Morgan fingerprint density at radius 2 is 1.03 bits per heavy atom. The van der Waals surface area contributed by atoms with Crippen molar-refractivity contribution in [2.24, 2.45) is 0 Å². The van der Waals surface area contributed by atoms with Crippen molar-refractivity contribution < 1.29 is 19.1 Å². The normalized spacial score (nSPS) is 10.9. The molecule has 2 N–H and O–H groups in total. The van der Waals surface area contributed by atoms with Crippen LogP contribution in [0.5, 0.6) is 0 Å². The number of benzene rings is 2. The van der Waals surface area contributed by atoms with Crippen LogP contribution < -0.4 is 10.6 Å². The van der Waals surface area contributed by atoms with E-state index in [1.807, 2.05) is 24.3 Å². The lowest BCUT2D eigenvalue weighted by Gasteiger charge is -2.04. The van der Waals surface area contributed by atoms with Crippen LogP contribution in [0.2, 0.25) is 0 Å². The average molecular weight is 682 g/mol. The van der Waals surface area contributed by atoms with E-state index < -0.39 is 0 Å². The monoisotopic (exact) mass is 680 g/mol. The first-order valence-corrected chi connectivity index (χ1v) is 14.6. The molecule has 0 aliphatic rings. The summed E-state index contributed by atoms with van der Waals surface area (Å²) in [4.78, 5) is 24.5. The highest BCUT2D eigenvalue weighted by molar-refractivity contribution is 9.10. The molecule has 2 aromatic carbocycles. The molecule has 2 aromatic heterocycles. The third-order valence-electron chi connectivity index (χ3n) is 4.88. The first-order valence-electron chi connectivity index (χ1n) is 11.4. The maximum atomic E-state index is 12.3. The van der Waals surface area contributed by atoms with Gasteiger partial charge < -0.3 is 9.47 Å². The summed E-state index contributed by atoms with van der Waals surface area (Å²) < 4.78 is 13.0. The lowest BCUT2D eigenvalue weighted by atomic mass is 10.2. The molecule has 10 nitrogen and oxygen atoms in total. The smallest absolute Gasteiger partial charge is 0.257 e. The maximum Gasteiger partial charge on any atom is 0.257 e. The van der Waals surface area contributed by atoms with Crippen molar-refractivity contribution in [3.8, 4) is 0 Å². The standard InChI is InChI=1S/C24H22Br2N6O4S2/c25-17-5-1-15(2-6-17)21(33)27-23-31-29-19(37-23)9-11-35-13-14-36-12-10-20-30-32-24(38-20)28-22(34)16-3-7-18(26)8-4-16/h1-8H,9-14H2,(H,27,31,33)(H,28,32,34). The van der Waals surface area contributed by atoms with Gasteiger partial charge in [0.05, 0.1) is 26.4 Å². The fourth-order valence-corrected chi connectivity index (χ4v) is 4.95. The zero-order valence-electron chi connectivity index (χ0n) is 19.9. The number of nitrogens with one attached hydrogen (secondary N) is 2. The molecule has 0 radical (unpaired) electrons. The number of nitrogens with zero attached hydrogens (tertiary/aromatic N) is 4. The minimum atomic E-state index is -0.233. The van der Waals surface area contributed by atoms with Crippen LogP contribution in [0.4, 0.5) is 10.3 Å². The number of ether oxygens (including phenoxy) is 2. The third kappa shape index (κ3) is 8.99. The van der Waals surface area contributed by atoms with Crippen LogP contribution in [0.25, 0.3) is 0 Å². The lowest BCUT2D eigenvalue weighted by Crippen LogP contribution is -2.11. The van der Waals surface area contributed by atoms with Gasteiger partial charge in [-0.1, -0.05) is 54.5 Å². The van der Waals surface area contributed by atoms with Gasteiger partial charge in [-0.3, -0.25) is 20.2 Å². The molecule has 2 heterocycles. The van der Waals surface area contributed by atoms with Crippen molar-refractivity contribution in [3.63, 3.8) is 0 Å². The van der Waals surface area contributed by atoms with Gasteiger partial charge in [0.2, 0.25) is 10.3 Å². The van der Waals surface area contributed by atoms with Gasteiger partial charge in [-0.15, -0.1) is 20.4 Å². The Bertz CT molecular complexity index is 1240. The molecule has 0 bridgehead atoms. The highest BCUT2D eigenvalue weighted by Crippen LogP contribution is 2.19. The van der Waals surface area contributed by atoms with Crippen LogP contribution in [-0.2, 0) is 22.3 Å². The van der Waals surface area contributed by atoms with Crippen LogP contribution in [0.1, 0.15) is 30.7 Å². The fourth-order valence-electron chi connectivity index (χ4n) is 2.99. The fraction of sp³-hybridized carbons (Fsp3) is 0.250. The predicted molar refractivity (Wildman–Crippen MR) is 153 cm³/mol. The van der Waals surface area contributed by atoms with E-state index in [1.54, 1.807) is 24.3 Å². The van der Waals surface area contributed by atoms with Crippen molar-refractivity contribution in [1.82, 2.24) is 20.4 Å². The molecular formula is C24H22Br2N6O4S2. The molecular weight excluding hydrogens is 660 g/mol. The Morgan fingerprint density at radius 1 is 0.632 bits per heavy atom. The summed E-state index contributed by atoms with van der Waals surface area (Å²) in [6.07, 6.45) is 1.18. The number of anilines is 2. The Morgan fingerprint density at radius 3 is 1.42 bits per heavy atom. The maximum absolute atomic E-state index is 12.3. The molecule has 0 saturated heterocycles. The number of amides is 2. The van der Waals surface area contributed by atoms with E-state index in [2.05, 4.69) is 62.9 Å². The van der Waals surface area contributed by atoms with E-state index >= 15 is 0 Å². The topological polar surface area (TPSA) is 128 Å². The van der Waals surface area contributed by atoms with Crippen molar-refractivity contribution in [2.45, 2.75) is 12.8 Å². The van der Waals surface area contributed by atoms with E-state index in [4.69, 9.17) is 9.47 Å². The zero-order valence-corrected chi connectivity index (χ0v) is 24.7. The van der Waals surface area contributed by atoms with E-state index in [-0.39, 0.29) is 11.8 Å². The minimum Gasteiger partial charge on any atom is -0.379 e. The van der Waals surface area contributed by atoms with Crippen molar-refractivity contribution in [3.05, 3.63) is 78.6 Å². The summed E-state index contributed by atoms with van der Waals surface area (Å²) in [6.45, 7) is 1.82. The molecule has 0 saturated carbocycles. The van der Waals surface area contributed by atoms with Crippen LogP contribution in [0, 0.1) is 0 Å². The van der Waals surface area contributed by atoms with Crippen LogP contribution in [0.15, 0.2) is 57.5 Å². The summed E-state index contributed by atoms with van der Waals surface area (Å²) in [5.74, 6) is -0.465. The molecule has 0 atom stereocenters. The average Bonchev–Trinajstić information content (AvgIpc) is 3.55. The number of halogens is 2. The molecule has 4 aromatic rings. The third-order valence-corrected chi connectivity index (χ3v) is 7.73. The number of carbonyl (C=O) groups excluding carboxylic acids is 2. The van der Waals surface area contributed by atoms with Gasteiger partial charge in [-0.2, -0.15) is 0 Å².